The molecule has 0 aromatic heterocycles. The summed E-state index contributed by atoms with van der Waals surface area (Å²) in [7, 11) is 4.31. The normalized spacial score (nSPS) is 19.1. The first-order valence-corrected chi connectivity index (χ1v) is 14.3. The molecule has 2 aliphatic heterocycles. The maximum absolute atomic E-state index is 6.66. The summed E-state index contributed by atoms with van der Waals surface area (Å²) in [6.07, 6.45) is 12.5. The van der Waals surface area contributed by atoms with Crippen LogP contribution >= 0.6 is 11.6 Å². The largest absolute Gasteiger partial charge is 0.347 e. The smallest absolute Gasteiger partial charge is 0.210 e. The molecule has 0 unspecified atom stereocenters. The van der Waals surface area contributed by atoms with E-state index in [0.717, 1.165) is 0 Å². The minimum Gasteiger partial charge on any atom is -0.347 e. The summed E-state index contributed by atoms with van der Waals surface area (Å²) >= 11 is 6.66. The summed E-state index contributed by atoms with van der Waals surface area (Å²) in [5.74, 6) is 0. The van der Waals surface area contributed by atoms with Gasteiger partial charge in [-0.15, -0.1) is 0 Å². The molecule has 0 saturated heterocycles. The van der Waals surface area contributed by atoms with Crippen LogP contribution in [-0.2, 0) is 10.8 Å². The van der Waals surface area contributed by atoms with Crippen molar-refractivity contribution in [2.75, 3.05) is 19.0 Å². The highest BCUT2D eigenvalue weighted by molar-refractivity contribution is 6.31. The Balaban J connectivity index is 1.24. The molecule has 0 bridgehead atoms. The molecule has 0 radical (unpaired) electrons. The number of rotatable bonds is 4. The summed E-state index contributed by atoms with van der Waals surface area (Å²) in [6.45, 7) is 9.22. The fourth-order valence-corrected chi connectivity index (χ4v) is 7.05. The van der Waals surface area contributed by atoms with Gasteiger partial charge in [0.15, 0.2) is 5.71 Å². The molecule has 200 valence electrons. The molecule has 4 aromatic carbocycles. The molecule has 2 nitrogen and oxygen atoms in total. The van der Waals surface area contributed by atoms with E-state index in [-0.39, 0.29) is 10.8 Å². The van der Waals surface area contributed by atoms with Gasteiger partial charge in [0.05, 0.1) is 5.41 Å². The molecule has 40 heavy (non-hydrogen) atoms. The van der Waals surface area contributed by atoms with Crippen LogP contribution in [-0.4, -0.2) is 24.4 Å². The highest BCUT2D eigenvalue weighted by Gasteiger charge is 2.44. The standard InChI is InChI=1S/C37H36ClN2/c1-36(2)32(39(5)30-23-21-25-13-7-9-17-28(25)34(30)36)19-11-15-27(38)16-12-20-33-37(3,4)35-29-18-10-8-14-26(29)22-24-31(35)40(33)6/h7-24H,1-6H3/q+1. The molecule has 0 aliphatic carbocycles. The molecule has 0 atom stereocenters. The van der Waals surface area contributed by atoms with E-state index in [4.69, 9.17) is 11.6 Å². The Morgan fingerprint density at radius 3 is 2.10 bits per heavy atom. The van der Waals surface area contributed by atoms with E-state index >= 15 is 0 Å². The number of likely N-dealkylation sites (N-methyl/N-ethyl adjacent to an activating group) is 1. The minimum atomic E-state index is -0.111. The summed E-state index contributed by atoms with van der Waals surface area (Å²) in [6, 6.07) is 26.2. The van der Waals surface area contributed by atoms with Crippen LogP contribution in [0.2, 0.25) is 0 Å². The quantitative estimate of drug-likeness (QED) is 0.183. The van der Waals surface area contributed by atoms with Crippen LogP contribution in [0.25, 0.3) is 21.5 Å². The lowest BCUT2D eigenvalue weighted by molar-refractivity contribution is -0.401. The maximum atomic E-state index is 6.66. The van der Waals surface area contributed by atoms with Crippen molar-refractivity contribution < 1.29 is 4.58 Å². The SMILES string of the molecule is CN1C(=CC=CC(Cl)=CC=CC2=[N+](C)c3ccc4ccccc4c3C2(C)C)C(C)(C)c2c1ccc1ccccc21. The number of allylic oxidation sites excluding steroid dienone is 8. The van der Waals surface area contributed by atoms with E-state index in [1.807, 2.05) is 12.2 Å². The van der Waals surface area contributed by atoms with E-state index < -0.39 is 0 Å². The zero-order valence-corrected chi connectivity index (χ0v) is 24.9. The predicted molar refractivity (Wildman–Crippen MR) is 174 cm³/mol. The van der Waals surface area contributed by atoms with Crippen molar-refractivity contribution in [1.29, 1.82) is 0 Å². The topological polar surface area (TPSA) is 6.25 Å². The van der Waals surface area contributed by atoms with Crippen molar-refractivity contribution in [2.45, 2.75) is 38.5 Å². The van der Waals surface area contributed by atoms with Gasteiger partial charge in [-0.1, -0.05) is 92.2 Å². The molecule has 6 rings (SSSR count). The van der Waals surface area contributed by atoms with Gasteiger partial charge >= 0.3 is 0 Å². The Labute approximate surface area is 242 Å². The van der Waals surface area contributed by atoms with E-state index in [2.05, 4.69) is 148 Å². The van der Waals surface area contributed by atoms with Gasteiger partial charge in [0.2, 0.25) is 5.69 Å². The number of hydrogen-bond donors (Lipinski definition) is 0. The summed E-state index contributed by atoms with van der Waals surface area (Å²) in [5.41, 5.74) is 7.58. The number of hydrogen-bond acceptors (Lipinski definition) is 1. The lowest BCUT2D eigenvalue weighted by Crippen LogP contribution is -2.26. The van der Waals surface area contributed by atoms with Crippen molar-refractivity contribution in [3.8, 4) is 0 Å². The highest BCUT2D eigenvalue weighted by Crippen LogP contribution is 2.50. The van der Waals surface area contributed by atoms with Crippen LogP contribution in [0, 0.1) is 0 Å². The maximum Gasteiger partial charge on any atom is 0.210 e. The van der Waals surface area contributed by atoms with Gasteiger partial charge in [0, 0.05) is 46.6 Å². The molecule has 0 saturated carbocycles. The minimum absolute atomic E-state index is 0.111. The van der Waals surface area contributed by atoms with Crippen LogP contribution in [0.3, 0.4) is 0 Å². The van der Waals surface area contributed by atoms with Gasteiger partial charge < -0.3 is 4.90 Å². The van der Waals surface area contributed by atoms with E-state index in [9.17, 15) is 0 Å². The van der Waals surface area contributed by atoms with Gasteiger partial charge in [-0.05, 0) is 71.3 Å². The Morgan fingerprint density at radius 2 is 1.40 bits per heavy atom. The monoisotopic (exact) mass is 543 g/mol. The van der Waals surface area contributed by atoms with E-state index in [1.165, 1.54) is 55.5 Å². The second-order valence-corrected chi connectivity index (χ2v) is 12.4. The molecule has 0 spiro atoms. The average molecular weight is 544 g/mol. The third kappa shape index (κ3) is 4.05. The number of nitrogens with zero attached hydrogens (tertiary/aromatic N) is 2. The summed E-state index contributed by atoms with van der Waals surface area (Å²) < 4.78 is 2.31. The zero-order valence-electron chi connectivity index (χ0n) is 24.2. The van der Waals surface area contributed by atoms with Gasteiger partial charge in [0.1, 0.15) is 7.05 Å². The Hall–Kier alpha value is -3.88. The third-order valence-electron chi connectivity index (χ3n) is 8.81. The number of halogens is 1. The van der Waals surface area contributed by atoms with Crippen molar-refractivity contribution in [2.24, 2.45) is 0 Å². The molecule has 4 aromatic rings. The third-order valence-corrected chi connectivity index (χ3v) is 9.06. The van der Waals surface area contributed by atoms with Crippen LogP contribution in [0.4, 0.5) is 11.4 Å². The van der Waals surface area contributed by atoms with Crippen molar-refractivity contribution in [3.05, 3.63) is 131 Å². The van der Waals surface area contributed by atoms with Gasteiger partial charge in [-0.2, -0.15) is 4.58 Å². The molecule has 2 aliphatic rings. The van der Waals surface area contributed by atoms with Crippen molar-refractivity contribution in [1.82, 2.24) is 0 Å². The lowest BCUT2D eigenvalue weighted by atomic mass is 9.79. The predicted octanol–water partition coefficient (Wildman–Crippen LogP) is 9.55. The fourth-order valence-electron chi connectivity index (χ4n) is 6.91. The number of benzene rings is 4. The van der Waals surface area contributed by atoms with Crippen molar-refractivity contribution >= 4 is 50.2 Å². The first-order chi connectivity index (χ1) is 19.1. The zero-order chi connectivity index (χ0) is 28.2. The second-order valence-electron chi connectivity index (χ2n) is 11.9. The highest BCUT2D eigenvalue weighted by atomic mass is 35.5. The fraction of sp³-hybridized carbons (Fsp3) is 0.216. The Morgan fingerprint density at radius 1 is 0.775 bits per heavy atom. The molecule has 0 fully saturated rings. The van der Waals surface area contributed by atoms with Crippen LogP contribution in [0.15, 0.2) is 120 Å². The molecule has 2 heterocycles. The summed E-state index contributed by atoms with van der Waals surface area (Å²) in [4.78, 5) is 2.31. The molecular formula is C37H36ClN2+. The van der Waals surface area contributed by atoms with E-state index in [1.54, 1.807) is 0 Å². The van der Waals surface area contributed by atoms with Crippen molar-refractivity contribution in [3.63, 3.8) is 0 Å². The van der Waals surface area contributed by atoms with Gasteiger partial charge in [-0.25, -0.2) is 0 Å². The first-order valence-electron chi connectivity index (χ1n) is 13.9. The average Bonchev–Trinajstić information content (AvgIpc) is 3.26. The molecular weight excluding hydrogens is 508 g/mol. The Bertz CT molecular complexity index is 1830. The van der Waals surface area contributed by atoms with Crippen LogP contribution < -0.4 is 4.90 Å². The molecule has 3 heteroatoms. The van der Waals surface area contributed by atoms with Crippen LogP contribution in [0.5, 0.6) is 0 Å². The van der Waals surface area contributed by atoms with Crippen LogP contribution in [0.1, 0.15) is 38.8 Å². The van der Waals surface area contributed by atoms with E-state index in [0.29, 0.717) is 5.03 Å². The number of fused-ring (bicyclic) bond motifs is 6. The summed E-state index contributed by atoms with van der Waals surface area (Å²) in [5, 5.41) is 5.89. The first kappa shape index (κ1) is 26.3. The Kier molecular flexibility index (Phi) is 6.35. The molecule has 0 amide bonds. The number of anilines is 1. The lowest BCUT2D eigenvalue weighted by Gasteiger charge is -2.24. The van der Waals surface area contributed by atoms with Gasteiger partial charge in [0.25, 0.3) is 0 Å². The molecule has 0 N–H and O–H groups in total. The van der Waals surface area contributed by atoms with Gasteiger partial charge in [-0.3, -0.25) is 0 Å². The second kappa shape index (κ2) is 9.64.